The first-order valence-electron chi connectivity index (χ1n) is 10.2. The minimum Gasteiger partial charge on any atom is -0.296 e. The van der Waals surface area contributed by atoms with Gasteiger partial charge in [0.15, 0.2) is 11.3 Å². The summed E-state index contributed by atoms with van der Waals surface area (Å²) in [6, 6.07) is 14.0. The van der Waals surface area contributed by atoms with E-state index in [4.69, 9.17) is 15.0 Å². The number of hydrogen-bond acceptors (Lipinski definition) is 4. The maximum absolute atomic E-state index is 13.5. The maximum atomic E-state index is 13.5. The van der Waals surface area contributed by atoms with Crippen LogP contribution in [0.3, 0.4) is 0 Å². The van der Waals surface area contributed by atoms with Gasteiger partial charge in [0.05, 0.1) is 11.0 Å². The normalized spacial score (nSPS) is 12.8. The first kappa shape index (κ1) is 18.5. The highest BCUT2D eigenvalue weighted by atomic mass is 16.1. The minimum absolute atomic E-state index is 0.0582. The van der Waals surface area contributed by atoms with Gasteiger partial charge in [-0.3, -0.25) is 13.9 Å². The van der Waals surface area contributed by atoms with Crippen molar-refractivity contribution in [1.82, 2.24) is 24.1 Å². The fraction of sp³-hybridized carbons (Fsp3) is 0.250. The molecule has 0 saturated carbocycles. The van der Waals surface area contributed by atoms with Crippen LogP contribution in [0.2, 0.25) is 0 Å². The SMILES string of the molecule is CC[C@H](C)n1cnc2c(c1=O)c1nc3ccccc3nc1n2-c1ccc(C)c(C)c1. The summed E-state index contributed by atoms with van der Waals surface area (Å²) in [5.41, 5.74) is 6.63. The molecule has 0 fully saturated rings. The molecule has 0 saturated heterocycles. The summed E-state index contributed by atoms with van der Waals surface area (Å²) in [5, 5.41) is 0.518. The second-order valence-electron chi connectivity index (χ2n) is 7.90. The molecule has 0 amide bonds. The van der Waals surface area contributed by atoms with E-state index in [1.807, 2.05) is 41.8 Å². The Morgan fingerprint density at radius 3 is 2.40 bits per heavy atom. The van der Waals surface area contributed by atoms with Crippen molar-refractivity contribution in [2.75, 3.05) is 0 Å². The van der Waals surface area contributed by atoms with E-state index in [-0.39, 0.29) is 11.6 Å². The van der Waals surface area contributed by atoms with Crippen molar-refractivity contribution in [2.45, 2.75) is 40.2 Å². The lowest BCUT2D eigenvalue weighted by Gasteiger charge is -2.12. The molecule has 5 rings (SSSR count). The average Bonchev–Trinajstić information content (AvgIpc) is 3.07. The lowest BCUT2D eigenvalue weighted by molar-refractivity contribution is 0.510. The Morgan fingerprint density at radius 1 is 0.967 bits per heavy atom. The van der Waals surface area contributed by atoms with Gasteiger partial charge < -0.3 is 0 Å². The fourth-order valence-electron chi connectivity index (χ4n) is 3.87. The van der Waals surface area contributed by atoms with Gasteiger partial charge >= 0.3 is 0 Å². The zero-order chi connectivity index (χ0) is 21.0. The second kappa shape index (κ2) is 6.76. The van der Waals surface area contributed by atoms with Crippen molar-refractivity contribution in [3.8, 4) is 5.69 Å². The molecule has 3 aromatic heterocycles. The number of para-hydroxylation sites is 2. The largest absolute Gasteiger partial charge is 0.296 e. The summed E-state index contributed by atoms with van der Waals surface area (Å²) < 4.78 is 3.66. The number of rotatable bonds is 3. The van der Waals surface area contributed by atoms with E-state index in [2.05, 4.69) is 32.9 Å². The molecule has 0 radical (unpaired) electrons. The van der Waals surface area contributed by atoms with Gasteiger partial charge in [-0.05, 0) is 62.6 Å². The van der Waals surface area contributed by atoms with Crippen molar-refractivity contribution in [3.63, 3.8) is 0 Å². The van der Waals surface area contributed by atoms with Gasteiger partial charge in [-0.25, -0.2) is 15.0 Å². The molecule has 0 aliphatic heterocycles. The van der Waals surface area contributed by atoms with Crippen molar-refractivity contribution in [3.05, 3.63) is 70.3 Å². The van der Waals surface area contributed by atoms with Crippen LogP contribution >= 0.6 is 0 Å². The van der Waals surface area contributed by atoms with Crippen molar-refractivity contribution in [2.24, 2.45) is 0 Å². The molecule has 6 heteroatoms. The van der Waals surface area contributed by atoms with Crippen LogP contribution in [-0.2, 0) is 0 Å². The summed E-state index contributed by atoms with van der Waals surface area (Å²) in [4.78, 5) is 27.9. The van der Waals surface area contributed by atoms with E-state index < -0.39 is 0 Å². The van der Waals surface area contributed by atoms with Crippen LogP contribution in [0.15, 0.2) is 53.6 Å². The second-order valence-corrected chi connectivity index (χ2v) is 7.90. The molecular formula is C24H23N5O. The summed E-state index contributed by atoms with van der Waals surface area (Å²) >= 11 is 0. The third kappa shape index (κ3) is 2.64. The first-order chi connectivity index (χ1) is 14.5. The number of fused-ring (bicyclic) bond motifs is 4. The smallest absolute Gasteiger partial charge is 0.265 e. The van der Waals surface area contributed by atoms with Gasteiger partial charge in [-0.2, -0.15) is 0 Å². The number of nitrogens with zero attached hydrogens (tertiary/aromatic N) is 5. The Bertz CT molecular complexity index is 1500. The number of aromatic nitrogens is 5. The standard InChI is InChI=1S/C24H23N5O/c1-5-16(4)28-13-25-22-20(24(28)30)21-23(27-19-9-7-6-8-18(19)26-21)29(22)17-11-10-14(2)15(3)12-17/h6-13,16H,5H2,1-4H3/t16-/m0/s1. The van der Waals surface area contributed by atoms with Crippen LogP contribution in [0.25, 0.3) is 38.9 Å². The number of hydrogen-bond donors (Lipinski definition) is 0. The van der Waals surface area contributed by atoms with Crippen LogP contribution in [0, 0.1) is 13.8 Å². The fourth-order valence-corrected chi connectivity index (χ4v) is 3.87. The highest BCUT2D eigenvalue weighted by molar-refractivity contribution is 6.05. The Balaban J connectivity index is 1.98. The van der Waals surface area contributed by atoms with Crippen molar-refractivity contribution in [1.29, 1.82) is 0 Å². The summed E-state index contributed by atoms with van der Waals surface area (Å²) in [6.45, 7) is 8.25. The van der Waals surface area contributed by atoms with E-state index in [9.17, 15) is 4.79 Å². The maximum Gasteiger partial charge on any atom is 0.265 e. The van der Waals surface area contributed by atoms with Gasteiger partial charge in [0.2, 0.25) is 0 Å². The molecular weight excluding hydrogens is 374 g/mol. The van der Waals surface area contributed by atoms with Gasteiger partial charge in [-0.15, -0.1) is 0 Å². The van der Waals surface area contributed by atoms with E-state index in [0.717, 1.165) is 23.1 Å². The van der Waals surface area contributed by atoms with E-state index >= 15 is 0 Å². The van der Waals surface area contributed by atoms with Crippen LogP contribution < -0.4 is 5.56 Å². The Kier molecular flexibility index (Phi) is 4.17. The predicted octanol–water partition coefficient (Wildman–Crippen LogP) is 4.87. The molecule has 0 aliphatic carbocycles. The minimum atomic E-state index is -0.0773. The molecule has 6 nitrogen and oxygen atoms in total. The zero-order valence-electron chi connectivity index (χ0n) is 17.5. The van der Waals surface area contributed by atoms with Gasteiger partial charge in [0.25, 0.3) is 5.56 Å². The van der Waals surface area contributed by atoms with Crippen LogP contribution in [-0.4, -0.2) is 24.1 Å². The summed E-state index contributed by atoms with van der Waals surface area (Å²) in [6.07, 6.45) is 2.49. The highest BCUT2D eigenvalue weighted by Crippen LogP contribution is 2.29. The van der Waals surface area contributed by atoms with Crippen LogP contribution in [0.1, 0.15) is 37.4 Å². The lowest BCUT2D eigenvalue weighted by Crippen LogP contribution is -2.23. The third-order valence-corrected chi connectivity index (χ3v) is 6.00. The Morgan fingerprint density at radius 2 is 1.70 bits per heavy atom. The molecule has 30 heavy (non-hydrogen) atoms. The molecule has 150 valence electrons. The molecule has 1 atom stereocenters. The zero-order valence-corrected chi connectivity index (χ0v) is 17.5. The first-order valence-corrected chi connectivity index (χ1v) is 10.2. The Labute approximate surface area is 173 Å². The van der Waals surface area contributed by atoms with Gasteiger partial charge in [0.1, 0.15) is 17.2 Å². The molecule has 2 aromatic carbocycles. The summed E-state index contributed by atoms with van der Waals surface area (Å²) in [5.74, 6) is 0. The molecule has 3 heterocycles. The molecule has 0 N–H and O–H groups in total. The third-order valence-electron chi connectivity index (χ3n) is 6.00. The Hall–Kier alpha value is -3.54. The number of aryl methyl sites for hydroxylation is 2. The van der Waals surface area contributed by atoms with E-state index in [0.29, 0.717) is 22.2 Å². The van der Waals surface area contributed by atoms with Gasteiger partial charge in [0, 0.05) is 11.7 Å². The number of benzene rings is 2. The van der Waals surface area contributed by atoms with E-state index in [1.54, 1.807) is 10.9 Å². The van der Waals surface area contributed by atoms with Crippen molar-refractivity contribution >= 4 is 33.2 Å². The molecule has 5 aromatic rings. The van der Waals surface area contributed by atoms with Crippen LogP contribution in [0.4, 0.5) is 0 Å². The highest BCUT2D eigenvalue weighted by Gasteiger charge is 2.21. The van der Waals surface area contributed by atoms with Crippen molar-refractivity contribution < 1.29 is 0 Å². The molecule has 0 unspecified atom stereocenters. The molecule has 0 spiro atoms. The van der Waals surface area contributed by atoms with Gasteiger partial charge in [-0.1, -0.05) is 25.1 Å². The monoisotopic (exact) mass is 397 g/mol. The summed E-state index contributed by atoms with van der Waals surface area (Å²) in [7, 11) is 0. The topological polar surface area (TPSA) is 65.6 Å². The quantitative estimate of drug-likeness (QED) is 0.436. The van der Waals surface area contributed by atoms with Crippen LogP contribution in [0.5, 0.6) is 0 Å². The molecule has 0 bridgehead atoms. The average molecular weight is 397 g/mol. The molecule has 0 aliphatic rings. The lowest BCUT2D eigenvalue weighted by atomic mass is 10.1. The van der Waals surface area contributed by atoms with E-state index in [1.165, 1.54) is 11.1 Å². The predicted molar refractivity (Wildman–Crippen MR) is 120 cm³/mol.